The van der Waals surface area contributed by atoms with Gasteiger partial charge in [0.05, 0.1) is 18.6 Å². The maximum Gasteiger partial charge on any atom is 0.343 e. The zero-order valence-corrected chi connectivity index (χ0v) is 19.1. The van der Waals surface area contributed by atoms with Crippen LogP contribution >= 0.6 is 0 Å². The van der Waals surface area contributed by atoms with Gasteiger partial charge in [0.2, 0.25) is 0 Å². The van der Waals surface area contributed by atoms with E-state index in [1.165, 1.54) is 0 Å². The molecule has 0 aromatic heterocycles. The fraction of sp³-hybridized carbons (Fsp3) is 0.259. The van der Waals surface area contributed by atoms with E-state index in [1.807, 2.05) is 50.2 Å². The maximum absolute atomic E-state index is 12.4. The molecule has 33 heavy (non-hydrogen) atoms. The van der Waals surface area contributed by atoms with Crippen molar-refractivity contribution in [2.24, 2.45) is 5.92 Å². The number of hydrogen-bond donors (Lipinski definition) is 0. The first-order valence-corrected chi connectivity index (χ1v) is 10.9. The smallest absolute Gasteiger partial charge is 0.343 e. The summed E-state index contributed by atoms with van der Waals surface area (Å²) >= 11 is 0. The molecule has 0 bridgehead atoms. The Hall–Kier alpha value is -3.80. The van der Waals surface area contributed by atoms with Crippen LogP contribution in [-0.4, -0.2) is 32.3 Å². The molecule has 3 aromatic carbocycles. The third kappa shape index (κ3) is 6.84. The van der Waals surface area contributed by atoms with Crippen molar-refractivity contribution in [3.8, 4) is 28.4 Å². The molecule has 6 nitrogen and oxygen atoms in total. The van der Waals surface area contributed by atoms with E-state index in [2.05, 4.69) is 0 Å². The van der Waals surface area contributed by atoms with Gasteiger partial charge in [-0.2, -0.15) is 0 Å². The Morgan fingerprint density at radius 1 is 0.758 bits per heavy atom. The first kappa shape index (κ1) is 23.9. The molecule has 0 saturated heterocycles. The average Bonchev–Trinajstić information content (AvgIpc) is 2.86. The van der Waals surface area contributed by atoms with Crippen molar-refractivity contribution in [3.63, 3.8) is 0 Å². The summed E-state index contributed by atoms with van der Waals surface area (Å²) in [4.78, 5) is 24.1. The van der Waals surface area contributed by atoms with Gasteiger partial charge in [0, 0.05) is 0 Å². The van der Waals surface area contributed by atoms with E-state index in [4.69, 9.17) is 18.9 Å². The largest absolute Gasteiger partial charge is 0.497 e. The molecule has 0 aliphatic rings. The van der Waals surface area contributed by atoms with E-state index < -0.39 is 5.97 Å². The summed E-state index contributed by atoms with van der Waals surface area (Å²) < 4.78 is 21.4. The second kappa shape index (κ2) is 11.7. The van der Waals surface area contributed by atoms with Crippen LogP contribution in [0, 0.1) is 5.92 Å². The number of carbonyl (C=O) groups is 2. The highest BCUT2D eigenvalue weighted by Crippen LogP contribution is 2.25. The summed E-state index contributed by atoms with van der Waals surface area (Å²) in [6.45, 7) is 4.19. The number of hydrogen-bond acceptors (Lipinski definition) is 6. The number of methoxy groups -OCH3 is 1. The van der Waals surface area contributed by atoms with Gasteiger partial charge in [-0.25, -0.2) is 4.79 Å². The van der Waals surface area contributed by atoms with Gasteiger partial charge in [-0.15, -0.1) is 0 Å². The number of esters is 2. The lowest BCUT2D eigenvalue weighted by Crippen LogP contribution is -2.17. The van der Waals surface area contributed by atoms with Crippen LogP contribution in [0.4, 0.5) is 0 Å². The van der Waals surface area contributed by atoms with Crippen molar-refractivity contribution in [3.05, 3.63) is 78.4 Å². The molecule has 172 valence electrons. The minimum absolute atomic E-state index is 0.117. The average molecular weight is 449 g/mol. The van der Waals surface area contributed by atoms with Gasteiger partial charge in [-0.3, -0.25) is 4.79 Å². The van der Waals surface area contributed by atoms with Crippen molar-refractivity contribution < 1.29 is 28.5 Å². The van der Waals surface area contributed by atoms with Crippen LogP contribution < -0.4 is 14.2 Å². The van der Waals surface area contributed by atoms with Gasteiger partial charge in [0.15, 0.2) is 0 Å². The van der Waals surface area contributed by atoms with Crippen molar-refractivity contribution in [1.82, 2.24) is 0 Å². The standard InChI is InChI=1S/C27H28O6/c1-4-19(2)26(28)32-18-17-31-24-13-9-22(10-14-24)27(29)33-25-15-7-21(8-16-25)20-5-11-23(30-3)12-6-20/h5-16,19H,4,17-18H2,1-3H3. The van der Waals surface area contributed by atoms with E-state index >= 15 is 0 Å². The molecule has 1 atom stereocenters. The topological polar surface area (TPSA) is 71.1 Å². The Morgan fingerprint density at radius 3 is 1.85 bits per heavy atom. The Kier molecular flexibility index (Phi) is 8.47. The third-order valence-corrected chi connectivity index (χ3v) is 5.19. The predicted molar refractivity (Wildman–Crippen MR) is 126 cm³/mol. The Morgan fingerprint density at radius 2 is 1.30 bits per heavy atom. The van der Waals surface area contributed by atoms with E-state index in [0.717, 1.165) is 23.3 Å². The predicted octanol–water partition coefficient (Wildman–Crippen LogP) is 5.55. The minimum atomic E-state index is -0.457. The van der Waals surface area contributed by atoms with Gasteiger partial charge in [0.1, 0.15) is 30.5 Å². The molecule has 0 aliphatic heterocycles. The molecule has 3 aromatic rings. The molecular formula is C27H28O6. The normalized spacial score (nSPS) is 11.4. The highest BCUT2D eigenvalue weighted by Gasteiger charge is 2.12. The van der Waals surface area contributed by atoms with Crippen LogP contribution in [0.25, 0.3) is 11.1 Å². The first-order valence-electron chi connectivity index (χ1n) is 10.9. The Bertz CT molecular complexity index is 1040. The molecule has 0 fully saturated rings. The van der Waals surface area contributed by atoms with Gasteiger partial charge >= 0.3 is 11.9 Å². The minimum Gasteiger partial charge on any atom is -0.497 e. The zero-order chi connectivity index (χ0) is 23.6. The van der Waals surface area contributed by atoms with Crippen LogP contribution in [0.1, 0.15) is 30.6 Å². The van der Waals surface area contributed by atoms with Gasteiger partial charge in [-0.1, -0.05) is 38.1 Å². The summed E-state index contributed by atoms with van der Waals surface area (Å²) in [6, 6.07) is 21.7. The number of rotatable bonds is 10. The lowest BCUT2D eigenvalue weighted by atomic mass is 10.1. The van der Waals surface area contributed by atoms with E-state index in [-0.39, 0.29) is 25.1 Å². The fourth-order valence-corrected chi connectivity index (χ4v) is 2.96. The van der Waals surface area contributed by atoms with Crippen LogP contribution in [0.2, 0.25) is 0 Å². The van der Waals surface area contributed by atoms with E-state index in [9.17, 15) is 9.59 Å². The number of carbonyl (C=O) groups excluding carboxylic acids is 2. The molecule has 0 heterocycles. The van der Waals surface area contributed by atoms with E-state index in [1.54, 1.807) is 43.5 Å². The van der Waals surface area contributed by atoms with Crippen molar-refractivity contribution in [2.45, 2.75) is 20.3 Å². The molecule has 0 spiro atoms. The van der Waals surface area contributed by atoms with E-state index in [0.29, 0.717) is 17.1 Å². The molecular weight excluding hydrogens is 420 g/mol. The highest BCUT2D eigenvalue weighted by atomic mass is 16.6. The Labute approximate surface area is 194 Å². The van der Waals surface area contributed by atoms with Crippen molar-refractivity contribution in [2.75, 3.05) is 20.3 Å². The molecule has 0 amide bonds. The molecule has 0 saturated carbocycles. The summed E-state index contributed by atoms with van der Waals surface area (Å²) in [5.74, 6) is 1.04. The molecule has 1 unspecified atom stereocenters. The quantitative estimate of drug-likeness (QED) is 0.230. The molecule has 0 aliphatic carbocycles. The fourth-order valence-electron chi connectivity index (χ4n) is 2.96. The van der Waals surface area contributed by atoms with Crippen LogP contribution in [-0.2, 0) is 9.53 Å². The van der Waals surface area contributed by atoms with Gasteiger partial charge in [-0.05, 0) is 66.1 Å². The first-order chi connectivity index (χ1) is 16.0. The van der Waals surface area contributed by atoms with Crippen LogP contribution in [0.5, 0.6) is 17.2 Å². The second-order valence-electron chi connectivity index (χ2n) is 7.49. The lowest BCUT2D eigenvalue weighted by molar-refractivity contribution is -0.148. The molecule has 0 N–H and O–H groups in total. The molecule has 0 radical (unpaired) electrons. The third-order valence-electron chi connectivity index (χ3n) is 5.19. The monoisotopic (exact) mass is 448 g/mol. The Balaban J connectivity index is 1.49. The van der Waals surface area contributed by atoms with Crippen molar-refractivity contribution in [1.29, 1.82) is 0 Å². The maximum atomic E-state index is 12.4. The van der Waals surface area contributed by atoms with Gasteiger partial charge < -0.3 is 18.9 Å². The van der Waals surface area contributed by atoms with Crippen LogP contribution in [0.3, 0.4) is 0 Å². The second-order valence-corrected chi connectivity index (χ2v) is 7.49. The van der Waals surface area contributed by atoms with Gasteiger partial charge in [0.25, 0.3) is 0 Å². The molecule has 6 heteroatoms. The van der Waals surface area contributed by atoms with Crippen molar-refractivity contribution >= 4 is 11.9 Å². The summed E-state index contributed by atoms with van der Waals surface area (Å²) in [7, 11) is 1.63. The zero-order valence-electron chi connectivity index (χ0n) is 19.1. The number of ether oxygens (including phenoxy) is 4. The van der Waals surface area contributed by atoms with Crippen LogP contribution in [0.15, 0.2) is 72.8 Å². The lowest BCUT2D eigenvalue weighted by Gasteiger charge is -2.10. The summed E-state index contributed by atoms with van der Waals surface area (Å²) in [6.07, 6.45) is 0.740. The number of benzene rings is 3. The SMILES string of the molecule is CCC(C)C(=O)OCCOc1ccc(C(=O)Oc2ccc(-c3ccc(OC)cc3)cc2)cc1. The summed E-state index contributed by atoms with van der Waals surface area (Å²) in [5.41, 5.74) is 2.46. The molecule has 3 rings (SSSR count). The summed E-state index contributed by atoms with van der Waals surface area (Å²) in [5, 5.41) is 0. The highest BCUT2D eigenvalue weighted by molar-refractivity contribution is 5.91.